The summed E-state index contributed by atoms with van der Waals surface area (Å²) in [5.41, 5.74) is 3.55. The minimum absolute atomic E-state index is 0.260. The van der Waals surface area contributed by atoms with E-state index in [2.05, 4.69) is 51.2 Å². The number of H-pyrrole nitrogens is 1. The van der Waals surface area contributed by atoms with Gasteiger partial charge in [0, 0.05) is 44.3 Å². The summed E-state index contributed by atoms with van der Waals surface area (Å²) in [6.07, 6.45) is 2.95. The number of aliphatic hydroxyl groups excluding tert-OH is 1. The number of benzene rings is 1. The first-order chi connectivity index (χ1) is 11.3. The van der Waals surface area contributed by atoms with E-state index in [1.807, 2.05) is 12.3 Å². The SMILES string of the molecule is CCC(CO)N1CCN(Cc2cn[nH]c2-c2ccccc2)CC1. The number of nitrogens with zero attached hydrogens (tertiary/aromatic N) is 3. The minimum Gasteiger partial charge on any atom is -0.395 e. The van der Waals surface area contributed by atoms with Crippen LogP contribution >= 0.6 is 0 Å². The summed E-state index contributed by atoms with van der Waals surface area (Å²) in [6, 6.07) is 10.7. The van der Waals surface area contributed by atoms with Gasteiger partial charge in [-0.3, -0.25) is 14.9 Å². The highest BCUT2D eigenvalue weighted by molar-refractivity contribution is 5.62. The molecule has 0 amide bonds. The molecule has 0 spiro atoms. The van der Waals surface area contributed by atoms with E-state index in [4.69, 9.17) is 0 Å². The van der Waals surface area contributed by atoms with Crippen LogP contribution in [0.25, 0.3) is 11.3 Å². The Hall–Kier alpha value is -1.69. The van der Waals surface area contributed by atoms with Crippen LogP contribution in [-0.2, 0) is 6.54 Å². The molecular weight excluding hydrogens is 288 g/mol. The van der Waals surface area contributed by atoms with Gasteiger partial charge < -0.3 is 5.11 Å². The zero-order valence-corrected chi connectivity index (χ0v) is 13.8. The summed E-state index contributed by atoms with van der Waals surface area (Å²) in [5.74, 6) is 0. The van der Waals surface area contributed by atoms with Crippen LogP contribution in [0, 0.1) is 0 Å². The summed E-state index contributed by atoms with van der Waals surface area (Å²) >= 11 is 0. The van der Waals surface area contributed by atoms with Crippen molar-refractivity contribution in [2.75, 3.05) is 32.8 Å². The van der Waals surface area contributed by atoms with Gasteiger partial charge in [0.25, 0.3) is 0 Å². The van der Waals surface area contributed by atoms with E-state index in [9.17, 15) is 5.11 Å². The lowest BCUT2D eigenvalue weighted by Gasteiger charge is -2.38. The minimum atomic E-state index is 0.260. The normalized spacial score (nSPS) is 18.2. The van der Waals surface area contributed by atoms with Crippen molar-refractivity contribution in [3.05, 3.63) is 42.1 Å². The van der Waals surface area contributed by atoms with Crippen molar-refractivity contribution in [3.8, 4) is 11.3 Å². The van der Waals surface area contributed by atoms with Crippen LogP contribution in [-0.4, -0.2) is 63.9 Å². The molecule has 1 fully saturated rings. The summed E-state index contributed by atoms with van der Waals surface area (Å²) in [4.78, 5) is 4.88. The zero-order chi connectivity index (χ0) is 16.1. The third-order valence-corrected chi connectivity index (χ3v) is 4.78. The molecule has 2 heterocycles. The summed E-state index contributed by atoms with van der Waals surface area (Å²) in [6.45, 7) is 7.45. The van der Waals surface area contributed by atoms with Gasteiger partial charge in [-0.25, -0.2) is 0 Å². The Kier molecular flexibility index (Phi) is 5.43. The van der Waals surface area contributed by atoms with Gasteiger partial charge in [-0.05, 0) is 12.0 Å². The Bertz CT molecular complexity index is 586. The summed E-state index contributed by atoms with van der Waals surface area (Å²) in [7, 11) is 0. The molecule has 124 valence electrons. The predicted octanol–water partition coefficient (Wildman–Crippen LogP) is 1.97. The van der Waals surface area contributed by atoms with Gasteiger partial charge in [0.05, 0.1) is 18.5 Å². The van der Waals surface area contributed by atoms with E-state index in [0.29, 0.717) is 6.04 Å². The van der Waals surface area contributed by atoms with Gasteiger partial charge in [-0.15, -0.1) is 0 Å². The van der Waals surface area contributed by atoms with Crippen LogP contribution < -0.4 is 0 Å². The molecular formula is C18H26N4O. The number of aliphatic hydroxyl groups is 1. The highest BCUT2D eigenvalue weighted by atomic mass is 16.3. The molecule has 1 unspecified atom stereocenters. The van der Waals surface area contributed by atoms with Crippen LogP contribution in [0.15, 0.2) is 36.5 Å². The molecule has 0 saturated carbocycles. The van der Waals surface area contributed by atoms with Crippen molar-refractivity contribution >= 4 is 0 Å². The lowest BCUT2D eigenvalue weighted by Crippen LogP contribution is -2.50. The Morgan fingerprint density at radius 3 is 2.57 bits per heavy atom. The highest BCUT2D eigenvalue weighted by Gasteiger charge is 2.23. The molecule has 1 atom stereocenters. The van der Waals surface area contributed by atoms with Crippen molar-refractivity contribution < 1.29 is 5.11 Å². The summed E-state index contributed by atoms with van der Waals surface area (Å²) in [5, 5.41) is 16.8. The largest absolute Gasteiger partial charge is 0.395 e. The average molecular weight is 314 g/mol. The molecule has 0 aliphatic carbocycles. The highest BCUT2D eigenvalue weighted by Crippen LogP contribution is 2.22. The molecule has 0 radical (unpaired) electrons. The molecule has 0 bridgehead atoms. The van der Waals surface area contributed by atoms with Crippen molar-refractivity contribution in [2.45, 2.75) is 25.9 Å². The van der Waals surface area contributed by atoms with Gasteiger partial charge in [-0.2, -0.15) is 5.10 Å². The van der Waals surface area contributed by atoms with E-state index >= 15 is 0 Å². The number of aromatic nitrogens is 2. The lowest BCUT2D eigenvalue weighted by molar-refractivity contribution is 0.0609. The molecule has 1 saturated heterocycles. The molecule has 2 N–H and O–H groups in total. The van der Waals surface area contributed by atoms with Gasteiger partial charge in [0.1, 0.15) is 0 Å². The van der Waals surface area contributed by atoms with Crippen molar-refractivity contribution in [3.63, 3.8) is 0 Å². The van der Waals surface area contributed by atoms with Gasteiger partial charge in [-0.1, -0.05) is 37.3 Å². The average Bonchev–Trinajstić information content (AvgIpc) is 3.06. The van der Waals surface area contributed by atoms with Crippen molar-refractivity contribution in [2.24, 2.45) is 0 Å². The fourth-order valence-electron chi connectivity index (χ4n) is 3.32. The second-order valence-electron chi connectivity index (χ2n) is 6.19. The molecule has 1 aromatic heterocycles. The molecule has 1 aromatic carbocycles. The Balaban J connectivity index is 1.61. The number of piperazine rings is 1. The number of hydrogen-bond donors (Lipinski definition) is 2. The van der Waals surface area contributed by atoms with Crippen LogP contribution in [0.5, 0.6) is 0 Å². The molecule has 1 aliphatic heterocycles. The van der Waals surface area contributed by atoms with E-state index in [1.165, 1.54) is 11.1 Å². The molecule has 3 rings (SSSR count). The Labute approximate surface area is 137 Å². The molecule has 5 nitrogen and oxygen atoms in total. The van der Waals surface area contributed by atoms with Gasteiger partial charge in [0.2, 0.25) is 0 Å². The fourth-order valence-corrected chi connectivity index (χ4v) is 3.32. The van der Waals surface area contributed by atoms with Gasteiger partial charge in [0.15, 0.2) is 0 Å². The first kappa shape index (κ1) is 16.2. The zero-order valence-electron chi connectivity index (χ0n) is 13.8. The fraction of sp³-hybridized carbons (Fsp3) is 0.500. The van der Waals surface area contributed by atoms with E-state index in [-0.39, 0.29) is 6.61 Å². The first-order valence-corrected chi connectivity index (χ1v) is 8.46. The second kappa shape index (κ2) is 7.73. The number of rotatable bonds is 6. The smallest absolute Gasteiger partial charge is 0.0695 e. The van der Waals surface area contributed by atoms with E-state index < -0.39 is 0 Å². The first-order valence-electron chi connectivity index (χ1n) is 8.46. The van der Waals surface area contributed by atoms with Crippen LogP contribution in [0.1, 0.15) is 18.9 Å². The van der Waals surface area contributed by atoms with Crippen LogP contribution in [0.2, 0.25) is 0 Å². The topological polar surface area (TPSA) is 55.4 Å². The predicted molar refractivity (Wildman–Crippen MR) is 92.0 cm³/mol. The molecule has 1 aliphatic rings. The monoisotopic (exact) mass is 314 g/mol. The lowest BCUT2D eigenvalue weighted by atomic mass is 10.1. The Morgan fingerprint density at radius 1 is 1.17 bits per heavy atom. The van der Waals surface area contributed by atoms with E-state index in [1.54, 1.807) is 0 Å². The van der Waals surface area contributed by atoms with Gasteiger partial charge >= 0.3 is 0 Å². The number of hydrogen-bond acceptors (Lipinski definition) is 4. The maximum absolute atomic E-state index is 9.45. The second-order valence-corrected chi connectivity index (χ2v) is 6.19. The molecule has 23 heavy (non-hydrogen) atoms. The quantitative estimate of drug-likeness (QED) is 0.856. The Morgan fingerprint density at radius 2 is 1.91 bits per heavy atom. The van der Waals surface area contributed by atoms with Crippen LogP contribution in [0.3, 0.4) is 0 Å². The van der Waals surface area contributed by atoms with E-state index in [0.717, 1.165) is 44.8 Å². The maximum Gasteiger partial charge on any atom is 0.0695 e. The summed E-state index contributed by atoms with van der Waals surface area (Å²) < 4.78 is 0. The third-order valence-electron chi connectivity index (χ3n) is 4.78. The standard InChI is InChI=1S/C18H26N4O/c1-2-17(14-23)22-10-8-21(9-11-22)13-16-12-19-20-18(16)15-6-4-3-5-7-15/h3-7,12,17,23H,2,8-11,13-14H2,1H3,(H,19,20). The third kappa shape index (κ3) is 3.80. The number of aromatic amines is 1. The number of nitrogens with one attached hydrogen (secondary N) is 1. The maximum atomic E-state index is 9.45. The van der Waals surface area contributed by atoms with Crippen molar-refractivity contribution in [1.29, 1.82) is 0 Å². The van der Waals surface area contributed by atoms with Crippen LogP contribution in [0.4, 0.5) is 0 Å². The molecule has 2 aromatic rings. The molecule has 5 heteroatoms. The van der Waals surface area contributed by atoms with Crippen molar-refractivity contribution in [1.82, 2.24) is 20.0 Å².